The molecule has 4 heteroatoms. The highest BCUT2D eigenvalue weighted by Crippen LogP contribution is 2.43. The summed E-state index contributed by atoms with van der Waals surface area (Å²) in [6.07, 6.45) is 3.74. The molecule has 0 aromatic heterocycles. The van der Waals surface area contributed by atoms with E-state index in [1.54, 1.807) is 12.1 Å². The van der Waals surface area contributed by atoms with Crippen LogP contribution in [0.2, 0.25) is 0 Å². The number of halogens is 2. The van der Waals surface area contributed by atoms with E-state index in [-0.39, 0.29) is 0 Å². The molecule has 0 spiro atoms. The van der Waals surface area contributed by atoms with Gasteiger partial charge in [-0.1, -0.05) is 41.3 Å². The first-order chi connectivity index (χ1) is 8.08. The van der Waals surface area contributed by atoms with Crippen molar-refractivity contribution in [1.29, 1.82) is 0 Å². The van der Waals surface area contributed by atoms with Gasteiger partial charge in [0.15, 0.2) is 0 Å². The highest BCUT2D eigenvalue weighted by molar-refractivity contribution is 9.10. The van der Waals surface area contributed by atoms with Gasteiger partial charge in [-0.2, -0.15) is 0 Å². The second-order valence-electron chi connectivity index (χ2n) is 4.54. The zero-order valence-corrected chi connectivity index (χ0v) is 11.0. The summed E-state index contributed by atoms with van der Waals surface area (Å²) in [5, 5.41) is 9.50. The van der Waals surface area contributed by atoms with Crippen molar-refractivity contribution in [3.63, 3.8) is 0 Å². The fourth-order valence-electron chi connectivity index (χ4n) is 2.68. The molecule has 1 aliphatic carbocycles. The van der Waals surface area contributed by atoms with Crippen LogP contribution in [0, 0.1) is 5.82 Å². The van der Waals surface area contributed by atoms with Gasteiger partial charge < -0.3 is 5.11 Å². The van der Waals surface area contributed by atoms with E-state index in [4.69, 9.17) is 0 Å². The second-order valence-corrected chi connectivity index (χ2v) is 5.40. The largest absolute Gasteiger partial charge is 0.481 e. The number of rotatable bonds is 2. The van der Waals surface area contributed by atoms with Gasteiger partial charge >= 0.3 is 5.97 Å². The van der Waals surface area contributed by atoms with Crippen LogP contribution in [0.1, 0.15) is 37.7 Å². The van der Waals surface area contributed by atoms with Crippen LogP contribution in [0.15, 0.2) is 22.7 Å². The molecule has 1 aromatic carbocycles. The minimum atomic E-state index is -1.05. The highest BCUT2D eigenvalue weighted by Gasteiger charge is 2.44. The predicted octanol–water partition coefficient (Wildman–Crippen LogP) is 3.87. The van der Waals surface area contributed by atoms with Crippen molar-refractivity contribution in [2.24, 2.45) is 0 Å². The van der Waals surface area contributed by atoms with Crippen LogP contribution in [-0.4, -0.2) is 11.1 Å². The Hall–Kier alpha value is -0.900. The molecule has 1 fully saturated rings. The summed E-state index contributed by atoms with van der Waals surface area (Å²) in [6.45, 7) is 0. The van der Waals surface area contributed by atoms with Crippen LogP contribution in [-0.2, 0) is 10.2 Å². The molecule has 0 radical (unpaired) electrons. The van der Waals surface area contributed by atoms with E-state index in [9.17, 15) is 14.3 Å². The number of carboxylic acids is 1. The first-order valence-electron chi connectivity index (χ1n) is 5.76. The SMILES string of the molecule is O=C(O)C1(c2c(F)cccc2Br)CCCCC1. The molecule has 1 N–H and O–H groups in total. The third-order valence-corrected chi connectivity index (χ3v) is 4.22. The van der Waals surface area contributed by atoms with E-state index in [0.717, 1.165) is 19.3 Å². The van der Waals surface area contributed by atoms with E-state index in [1.807, 2.05) is 0 Å². The third kappa shape index (κ3) is 2.10. The van der Waals surface area contributed by atoms with Gasteiger partial charge in [-0.05, 0) is 25.0 Å². The maximum absolute atomic E-state index is 13.9. The van der Waals surface area contributed by atoms with Crippen LogP contribution >= 0.6 is 15.9 Å². The van der Waals surface area contributed by atoms with Gasteiger partial charge in [-0.15, -0.1) is 0 Å². The summed E-state index contributed by atoms with van der Waals surface area (Å²) in [6, 6.07) is 4.62. The Morgan fingerprint density at radius 1 is 1.29 bits per heavy atom. The summed E-state index contributed by atoms with van der Waals surface area (Å²) >= 11 is 3.28. The minimum Gasteiger partial charge on any atom is -0.481 e. The molecule has 0 aliphatic heterocycles. The molecule has 0 saturated heterocycles. The fraction of sp³-hybridized carbons (Fsp3) is 0.462. The molecule has 0 bridgehead atoms. The molecule has 2 rings (SSSR count). The highest BCUT2D eigenvalue weighted by atomic mass is 79.9. The molecule has 0 amide bonds. The lowest BCUT2D eigenvalue weighted by atomic mass is 9.69. The van der Waals surface area contributed by atoms with Crippen molar-refractivity contribution in [3.8, 4) is 0 Å². The standard InChI is InChI=1S/C13H14BrFO2/c14-9-5-4-6-10(15)11(9)13(12(16)17)7-2-1-3-8-13/h4-6H,1-3,7-8H2,(H,16,17). The maximum atomic E-state index is 13.9. The first kappa shape index (κ1) is 12.6. The topological polar surface area (TPSA) is 37.3 Å². The average molecular weight is 301 g/mol. The van der Waals surface area contributed by atoms with Crippen molar-refractivity contribution in [2.75, 3.05) is 0 Å². The van der Waals surface area contributed by atoms with Crippen LogP contribution in [0.25, 0.3) is 0 Å². The summed E-state index contributed by atoms with van der Waals surface area (Å²) in [5.74, 6) is -1.34. The van der Waals surface area contributed by atoms with Crippen molar-refractivity contribution in [1.82, 2.24) is 0 Å². The Morgan fingerprint density at radius 2 is 1.94 bits per heavy atom. The quantitative estimate of drug-likeness (QED) is 0.900. The number of hydrogen-bond donors (Lipinski definition) is 1. The molecule has 92 valence electrons. The van der Waals surface area contributed by atoms with E-state index in [0.29, 0.717) is 22.9 Å². The number of carboxylic acid groups (broad SMARTS) is 1. The molecule has 0 atom stereocenters. The lowest BCUT2D eigenvalue weighted by Crippen LogP contribution is -2.39. The second kappa shape index (κ2) is 4.77. The number of benzene rings is 1. The Balaban J connectivity index is 2.56. The van der Waals surface area contributed by atoms with Crippen molar-refractivity contribution < 1.29 is 14.3 Å². The normalized spacial score (nSPS) is 18.9. The Bertz CT molecular complexity index is 419. The van der Waals surface area contributed by atoms with Gasteiger partial charge in [0.1, 0.15) is 5.82 Å². The molecular formula is C13H14BrFO2. The van der Waals surface area contributed by atoms with E-state index in [2.05, 4.69) is 15.9 Å². The van der Waals surface area contributed by atoms with E-state index >= 15 is 0 Å². The summed E-state index contributed by atoms with van der Waals surface area (Å²) in [5.41, 5.74) is -0.741. The van der Waals surface area contributed by atoms with Gasteiger partial charge in [0, 0.05) is 10.0 Å². The summed E-state index contributed by atoms with van der Waals surface area (Å²) < 4.78 is 14.5. The van der Waals surface area contributed by atoms with E-state index < -0.39 is 17.2 Å². The van der Waals surface area contributed by atoms with Crippen LogP contribution in [0.3, 0.4) is 0 Å². The Kier molecular flexibility index (Phi) is 3.52. The van der Waals surface area contributed by atoms with Gasteiger partial charge in [-0.25, -0.2) is 4.39 Å². The van der Waals surface area contributed by atoms with Gasteiger partial charge in [0.2, 0.25) is 0 Å². The molecular weight excluding hydrogens is 287 g/mol. The third-order valence-electron chi connectivity index (χ3n) is 3.56. The fourth-order valence-corrected chi connectivity index (χ4v) is 3.40. The molecule has 0 heterocycles. The zero-order valence-electron chi connectivity index (χ0n) is 9.38. The maximum Gasteiger partial charge on any atom is 0.314 e. The molecule has 2 nitrogen and oxygen atoms in total. The van der Waals surface area contributed by atoms with Gasteiger partial charge in [-0.3, -0.25) is 4.79 Å². The lowest BCUT2D eigenvalue weighted by molar-refractivity contribution is -0.145. The zero-order chi connectivity index (χ0) is 12.5. The Labute approximate surface area is 108 Å². The van der Waals surface area contributed by atoms with Crippen molar-refractivity contribution in [3.05, 3.63) is 34.1 Å². The van der Waals surface area contributed by atoms with Gasteiger partial charge in [0.25, 0.3) is 0 Å². The number of hydrogen-bond acceptors (Lipinski definition) is 1. The Morgan fingerprint density at radius 3 is 2.47 bits per heavy atom. The van der Waals surface area contributed by atoms with Crippen LogP contribution in [0.4, 0.5) is 4.39 Å². The van der Waals surface area contributed by atoms with Crippen LogP contribution in [0.5, 0.6) is 0 Å². The van der Waals surface area contributed by atoms with E-state index in [1.165, 1.54) is 6.07 Å². The number of aliphatic carboxylic acids is 1. The van der Waals surface area contributed by atoms with Crippen molar-refractivity contribution >= 4 is 21.9 Å². The number of carbonyl (C=O) groups is 1. The lowest BCUT2D eigenvalue weighted by Gasteiger charge is -2.34. The molecule has 0 unspecified atom stereocenters. The van der Waals surface area contributed by atoms with Gasteiger partial charge in [0.05, 0.1) is 5.41 Å². The predicted molar refractivity (Wildman–Crippen MR) is 66.5 cm³/mol. The molecule has 1 aromatic rings. The molecule has 1 saturated carbocycles. The summed E-state index contributed by atoms with van der Waals surface area (Å²) in [4.78, 5) is 11.6. The average Bonchev–Trinajstić information content (AvgIpc) is 2.29. The molecule has 1 aliphatic rings. The monoisotopic (exact) mass is 300 g/mol. The minimum absolute atomic E-state index is 0.312. The van der Waals surface area contributed by atoms with Crippen LogP contribution < -0.4 is 0 Å². The first-order valence-corrected chi connectivity index (χ1v) is 6.55. The summed E-state index contributed by atoms with van der Waals surface area (Å²) in [7, 11) is 0. The van der Waals surface area contributed by atoms with Crippen molar-refractivity contribution in [2.45, 2.75) is 37.5 Å². The molecule has 17 heavy (non-hydrogen) atoms. The smallest absolute Gasteiger partial charge is 0.314 e.